The summed E-state index contributed by atoms with van der Waals surface area (Å²) in [7, 11) is 1.89. The van der Waals surface area contributed by atoms with Crippen LogP contribution in [0, 0.1) is 5.92 Å². The molecule has 25 heavy (non-hydrogen) atoms. The molecule has 1 atom stereocenters. The fourth-order valence-corrected chi connectivity index (χ4v) is 3.52. The third-order valence-electron chi connectivity index (χ3n) is 5.03. The van der Waals surface area contributed by atoms with Crippen LogP contribution in [0.4, 0.5) is 0 Å². The highest BCUT2D eigenvalue weighted by Crippen LogP contribution is 2.30. The number of aromatic nitrogens is 4. The number of hydrogen-bond acceptors (Lipinski definition) is 4. The molecule has 1 saturated heterocycles. The average molecular weight is 339 g/mol. The number of rotatable bonds is 3. The molecule has 1 aliphatic heterocycles. The van der Waals surface area contributed by atoms with E-state index in [1.807, 2.05) is 51.6 Å². The van der Waals surface area contributed by atoms with Crippen molar-refractivity contribution in [1.82, 2.24) is 23.8 Å². The van der Waals surface area contributed by atoms with Crippen LogP contribution in [0.3, 0.4) is 0 Å². The van der Waals surface area contributed by atoms with Gasteiger partial charge in [-0.15, -0.1) is 0 Å². The standard InChI is InChI=1S/C18H21N5O2/c1-21-10-6-20-17(21)16(24)13-4-8-22(9-5-13)18(25)14-2-3-15-19-7-11-23(15)12-14/h2-3,6-7,10-13,16,24H,4-5,8-9H2,1H3. The highest BCUT2D eigenvalue weighted by molar-refractivity contribution is 5.94. The van der Waals surface area contributed by atoms with Gasteiger partial charge in [-0.05, 0) is 30.9 Å². The highest BCUT2D eigenvalue weighted by Gasteiger charge is 2.30. The van der Waals surface area contributed by atoms with Crippen molar-refractivity contribution < 1.29 is 9.90 Å². The molecule has 7 heteroatoms. The number of fused-ring (bicyclic) bond motifs is 1. The highest BCUT2D eigenvalue weighted by atomic mass is 16.3. The summed E-state index contributed by atoms with van der Waals surface area (Å²) in [6, 6.07) is 3.67. The van der Waals surface area contributed by atoms with E-state index in [1.54, 1.807) is 12.4 Å². The molecule has 0 saturated carbocycles. The van der Waals surface area contributed by atoms with Crippen molar-refractivity contribution in [2.45, 2.75) is 18.9 Å². The summed E-state index contributed by atoms with van der Waals surface area (Å²) < 4.78 is 3.70. The van der Waals surface area contributed by atoms with Gasteiger partial charge in [-0.2, -0.15) is 0 Å². The quantitative estimate of drug-likeness (QED) is 0.787. The van der Waals surface area contributed by atoms with E-state index >= 15 is 0 Å². The maximum atomic E-state index is 12.7. The zero-order valence-electron chi connectivity index (χ0n) is 14.1. The number of carbonyl (C=O) groups is 1. The Morgan fingerprint density at radius 1 is 1.20 bits per heavy atom. The average Bonchev–Trinajstić information content (AvgIpc) is 3.28. The van der Waals surface area contributed by atoms with E-state index in [2.05, 4.69) is 9.97 Å². The molecule has 3 aromatic rings. The van der Waals surface area contributed by atoms with Crippen molar-refractivity contribution in [3.8, 4) is 0 Å². The van der Waals surface area contributed by atoms with E-state index in [9.17, 15) is 9.90 Å². The Labute approximate surface area is 145 Å². The van der Waals surface area contributed by atoms with Gasteiger partial charge in [-0.3, -0.25) is 4.79 Å². The summed E-state index contributed by atoms with van der Waals surface area (Å²) in [5.41, 5.74) is 1.49. The van der Waals surface area contributed by atoms with Gasteiger partial charge >= 0.3 is 0 Å². The second kappa shape index (κ2) is 6.33. The molecular formula is C18H21N5O2. The summed E-state index contributed by atoms with van der Waals surface area (Å²) in [6.45, 7) is 1.29. The molecule has 1 N–H and O–H groups in total. The lowest BCUT2D eigenvalue weighted by Gasteiger charge is -2.34. The van der Waals surface area contributed by atoms with E-state index in [0.29, 0.717) is 24.5 Å². The zero-order chi connectivity index (χ0) is 17.4. The van der Waals surface area contributed by atoms with Gasteiger partial charge in [0.05, 0.1) is 5.56 Å². The Kier molecular flexibility index (Phi) is 4.01. The first-order valence-electron chi connectivity index (χ1n) is 8.51. The summed E-state index contributed by atoms with van der Waals surface area (Å²) in [6.07, 6.45) is 9.86. The minimum absolute atomic E-state index is 0.0283. The number of imidazole rings is 2. The van der Waals surface area contributed by atoms with Crippen molar-refractivity contribution in [2.75, 3.05) is 13.1 Å². The van der Waals surface area contributed by atoms with Crippen LogP contribution < -0.4 is 0 Å². The first kappa shape index (κ1) is 15.8. The fourth-order valence-electron chi connectivity index (χ4n) is 3.52. The van der Waals surface area contributed by atoms with Gasteiger partial charge in [0.1, 0.15) is 17.6 Å². The Balaban J connectivity index is 1.42. The minimum Gasteiger partial charge on any atom is -0.385 e. The Hall–Kier alpha value is -2.67. The molecule has 7 nitrogen and oxygen atoms in total. The largest absolute Gasteiger partial charge is 0.385 e. The van der Waals surface area contributed by atoms with Crippen LogP contribution in [-0.4, -0.2) is 47.9 Å². The molecule has 1 unspecified atom stereocenters. The van der Waals surface area contributed by atoms with Crippen molar-refractivity contribution in [3.05, 3.63) is 54.5 Å². The summed E-state index contributed by atoms with van der Waals surface area (Å²) in [4.78, 5) is 23.0. The van der Waals surface area contributed by atoms with Gasteiger partial charge in [-0.25, -0.2) is 9.97 Å². The molecule has 3 aromatic heterocycles. The van der Waals surface area contributed by atoms with Crippen LogP contribution >= 0.6 is 0 Å². The number of amides is 1. The maximum absolute atomic E-state index is 12.7. The number of hydrogen-bond donors (Lipinski definition) is 1. The molecule has 4 rings (SSSR count). The molecule has 1 aliphatic rings. The van der Waals surface area contributed by atoms with E-state index in [4.69, 9.17) is 0 Å². The molecule has 0 bridgehead atoms. The van der Waals surface area contributed by atoms with Crippen LogP contribution in [0.15, 0.2) is 43.1 Å². The second-order valence-corrected chi connectivity index (χ2v) is 6.58. The topological polar surface area (TPSA) is 75.7 Å². The number of aliphatic hydroxyl groups is 1. The van der Waals surface area contributed by atoms with E-state index in [-0.39, 0.29) is 11.8 Å². The maximum Gasteiger partial charge on any atom is 0.255 e. The first-order chi connectivity index (χ1) is 12.1. The van der Waals surface area contributed by atoms with Crippen molar-refractivity contribution in [3.63, 3.8) is 0 Å². The lowest BCUT2D eigenvalue weighted by atomic mass is 9.90. The molecule has 0 radical (unpaired) electrons. The number of carbonyl (C=O) groups excluding carboxylic acids is 1. The third kappa shape index (κ3) is 2.91. The molecule has 1 fully saturated rings. The van der Waals surface area contributed by atoms with Crippen LogP contribution in [0.1, 0.15) is 35.1 Å². The van der Waals surface area contributed by atoms with Crippen molar-refractivity contribution in [2.24, 2.45) is 13.0 Å². The number of pyridine rings is 1. The smallest absolute Gasteiger partial charge is 0.255 e. The van der Waals surface area contributed by atoms with Gasteiger partial charge in [-0.1, -0.05) is 0 Å². The van der Waals surface area contributed by atoms with Crippen LogP contribution in [-0.2, 0) is 7.05 Å². The Morgan fingerprint density at radius 3 is 2.68 bits per heavy atom. The number of aliphatic hydroxyl groups excluding tert-OH is 1. The molecule has 1 amide bonds. The summed E-state index contributed by atoms with van der Waals surface area (Å²) in [5.74, 6) is 0.845. The minimum atomic E-state index is -0.584. The van der Waals surface area contributed by atoms with Crippen molar-refractivity contribution in [1.29, 1.82) is 0 Å². The van der Waals surface area contributed by atoms with Crippen LogP contribution in [0.25, 0.3) is 5.65 Å². The van der Waals surface area contributed by atoms with Gasteiger partial charge in [0.2, 0.25) is 0 Å². The number of nitrogens with zero attached hydrogens (tertiary/aromatic N) is 5. The van der Waals surface area contributed by atoms with Gasteiger partial charge in [0.25, 0.3) is 5.91 Å². The number of aryl methyl sites for hydroxylation is 1. The van der Waals surface area contributed by atoms with Crippen LogP contribution in [0.2, 0.25) is 0 Å². The Morgan fingerprint density at radius 2 is 1.96 bits per heavy atom. The third-order valence-corrected chi connectivity index (χ3v) is 5.03. The normalized spacial score (nSPS) is 17.1. The monoisotopic (exact) mass is 339 g/mol. The SMILES string of the molecule is Cn1ccnc1C(O)C1CCN(C(=O)c2ccc3nccn3c2)CC1. The van der Waals surface area contributed by atoms with Crippen molar-refractivity contribution >= 4 is 11.6 Å². The lowest BCUT2D eigenvalue weighted by molar-refractivity contribution is 0.0420. The van der Waals surface area contributed by atoms with Gasteiger partial charge < -0.3 is 19.0 Å². The summed E-state index contributed by atoms with van der Waals surface area (Å²) in [5, 5.41) is 10.6. The van der Waals surface area contributed by atoms with Crippen LogP contribution in [0.5, 0.6) is 0 Å². The van der Waals surface area contributed by atoms with E-state index < -0.39 is 6.10 Å². The molecule has 0 aromatic carbocycles. The predicted molar refractivity (Wildman–Crippen MR) is 92.0 cm³/mol. The molecule has 0 aliphatic carbocycles. The fraction of sp³-hybridized carbons (Fsp3) is 0.389. The van der Waals surface area contributed by atoms with Gasteiger partial charge in [0.15, 0.2) is 0 Å². The van der Waals surface area contributed by atoms with E-state index in [1.165, 1.54) is 0 Å². The number of likely N-dealkylation sites (tertiary alicyclic amines) is 1. The predicted octanol–water partition coefficient (Wildman–Crippen LogP) is 1.65. The summed E-state index contributed by atoms with van der Waals surface area (Å²) >= 11 is 0. The molecule has 0 spiro atoms. The van der Waals surface area contributed by atoms with E-state index in [0.717, 1.165) is 18.5 Å². The molecule has 130 valence electrons. The lowest BCUT2D eigenvalue weighted by Crippen LogP contribution is -2.40. The Bertz CT molecular complexity index is 892. The van der Waals surface area contributed by atoms with Gasteiger partial charge in [0, 0.05) is 51.1 Å². The first-order valence-corrected chi connectivity index (χ1v) is 8.51. The molecule has 4 heterocycles. The number of piperidine rings is 1. The zero-order valence-corrected chi connectivity index (χ0v) is 14.1. The second-order valence-electron chi connectivity index (χ2n) is 6.58. The molecular weight excluding hydrogens is 318 g/mol.